The van der Waals surface area contributed by atoms with Crippen molar-refractivity contribution in [1.82, 2.24) is 4.98 Å². The summed E-state index contributed by atoms with van der Waals surface area (Å²) in [6.07, 6.45) is 3.13. The highest BCUT2D eigenvalue weighted by Crippen LogP contribution is 2.10. The SMILES string of the molecule is COC(=O)c1cnccc1I. The Bertz CT molecular complexity index is 275. The quantitative estimate of drug-likeness (QED) is 0.569. The number of aromatic nitrogens is 1. The second-order valence-corrected chi connectivity index (χ2v) is 3.01. The molecule has 0 radical (unpaired) electrons. The third-order valence-corrected chi connectivity index (χ3v) is 2.11. The van der Waals surface area contributed by atoms with E-state index in [0.717, 1.165) is 3.57 Å². The molecule has 0 aromatic carbocycles. The van der Waals surface area contributed by atoms with Crippen LogP contribution in [-0.4, -0.2) is 18.1 Å². The van der Waals surface area contributed by atoms with Gasteiger partial charge in [0.15, 0.2) is 0 Å². The Morgan fingerprint density at radius 1 is 1.73 bits per heavy atom. The molecule has 0 N–H and O–H groups in total. The molecule has 0 aliphatic rings. The maximum Gasteiger partial charge on any atom is 0.340 e. The molecule has 0 spiro atoms. The van der Waals surface area contributed by atoms with Crippen LogP contribution in [0.15, 0.2) is 18.5 Å². The number of nitrogens with zero attached hydrogens (tertiary/aromatic N) is 1. The second-order valence-electron chi connectivity index (χ2n) is 1.85. The molecule has 0 saturated carbocycles. The van der Waals surface area contributed by atoms with Crippen molar-refractivity contribution in [3.8, 4) is 0 Å². The molecule has 4 heteroatoms. The molecule has 1 aromatic rings. The number of carbonyl (C=O) groups excluding carboxylic acids is 1. The highest BCUT2D eigenvalue weighted by atomic mass is 127. The number of hydrogen-bond donors (Lipinski definition) is 0. The van der Waals surface area contributed by atoms with Gasteiger partial charge in [-0.05, 0) is 28.7 Å². The van der Waals surface area contributed by atoms with Gasteiger partial charge in [-0.25, -0.2) is 4.79 Å². The van der Waals surface area contributed by atoms with E-state index in [1.165, 1.54) is 13.3 Å². The summed E-state index contributed by atoms with van der Waals surface area (Å²) in [5, 5.41) is 0. The summed E-state index contributed by atoms with van der Waals surface area (Å²) < 4.78 is 5.38. The first kappa shape index (κ1) is 8.45. The molecular formula is C7H6INO2. The normalized spacial score (nSPS) is 9.27. The predicted octanol–water partition coefficient (Wildman–Crippen LogP) is 1.47. The predicted molar refractivity (Wildman–Crippen MR) is 48.3 cm³/mol. The standard InChI is InChI=1S/C7H6INO2/c1-11-7(10)5-4-9-3-2-6(5)8/h2-4H,1H3. The first-order valence-corrected chi connectivity index (χ1v) is 4.01. The molecule has 0 fully saturated rings. The largest absolute Gasteiger partial charge is 0.465 e. The Hall–Kier alpha value is -0.650. The lowest BCUT2D eigenvalue weighted by molar-refractivity contribution is 0.0599. The number of ether oxygens (including phenoxy) is 1. The van der Waals surface area contributed by atoms with Crippen LogP contribution in [0, 0.1) is 3.57 Å². The van der Waals surface area contributed by atoms with E-state index in [-0.39, 0.29) is 5.97 Å². The summed E-state index contributed by atoms with van der Waals surface area (Å²) in [5.74, 6) is -0.345. The summed E-state index contributed by atoms with van der Waals surface area (Å²) in [5.41, 5.74) is 0.510. The van der Waals surface area contributed by atoms with Crippen molar-refractivity contribution < 1.29 is 9.53 Å². The number of hydrogen-bond acceptors (Lipinski definition) is 3. The third kappa shape index (κ3) is 1.89. The Balaban J connectivity index is 3.03. The molecule has 1 aromatic heterocycles. The van der Waals surface area contributed by atoms with Crippen molar-refractivity contribution in [3.05, 3.63) is 27.6 Å². The minimum Gasteiger partial charge on any atom is -0.465 e. The number of carbonyl (C=O) groups is 1. The van der Waals surface area contributed by atoms with Gasteiger partial charge in [-0.1, -0.05) is 0 Å². The van der Waals surface area contributed by atoms with Crippen molar-refractivity contribution in [3.63, 3.8) is 0 Å². The smallest absolute Gasteiger partial charge is 0.340 e. The van der Waals surface area contributed by atoms with Crippen LogP contribution in [0.1, 0.15) is 10.4 Å². The molecule has 0 amide bonds. The van der Waals surface area contributed by atoms with Crippen molar-refractivity contribution in [2.24, 2.45) is 0 Å². The lowest BCUT2D eigenvalue weighted by Gasteiger charge is -1.99. The van der Waals surface area contributed by atoms with Gasteiger partial charge < -0.3 is 4.74 Å². The number of pyridine rings is 1. The third-order valence-electron chi connectivity index (χ3n) is 1.17. The number of esters is 1. The highest BCUT2D eigenvalue weighted by Gasteiger charge is 2.08. The average Bonchev–Trinajstić information content (AvgIpc) is 2.04. The van der Waals surface area contributed by atoms with Gasteiger partial charge in [-0.3, -0.25) is 4.98 Å². The molecule has 0 aliphatic carbocycles. The maximum atomic E-state index is 11.0. The zero-order valence-corrected chi connectivity index (χ0v) is 8.03. The average molecular weight is 263 g/mol. The Morgan fingerprint density at radius 3 is 3.00 bits per heavy atom. The van der Waals surface area contributed by atoms with Gasteiger partial charge in [0.1, 0.15) is 0 Å². The van der Waals surface area contributed by atoms with Crippen LogP contribution in [0.5, 0.6) is 0 Å². The summed E-state index contributed by atoms with van der Waals surface area (Å²) in [6, 6.07) is 1.76. The van der Waals surface area contributed by atoms with Crippen LogP contribution in [0.4, 0.5) is 0 Å². The fraction of sp³-hybridized carbons (Fsp3) is 0.143. The van der Waals surface area contributed by atoms with E-state index < -0.39 is 0 Å². The molecule has 0 bridgehead atoms. The summed E-state index contributed by atoms with van der Waals surface area (Å²) in [4.78, 5) is 14.8. The van der Waals surface area contributed by atoms with Gasteiger partial charge in [0.05, 0.1) is 12.7 Å². The van der Waals surface area contributed by atoms with Crippen LogP contribution in [0.3, 0.4) is 0 Å². The highest BCUT2D eigenvalue weighted by molar-refractivity contribution is 14.1. The van der Waals surface area contributed by atoms with Crippen molar-refractivity contribution >= 4 is 28.6 Å². The Morgan fingerprint density at radius 2 is 2.45 bits per heavy atom. The van der Waals surface area contributed by atoms with Crippen LogP contribution >= 0.6 is 22.6 Å². The molecule has 58 valence electrons. The lowest BCUT2D eigenvalue weighted by Crippen LogP contribution is -2.03. The van der Waals surface area contributed by atoms with Crippen LogP contribution in [0.2, 0.25) is 0 Å². The lowest BCUT2D eigenvalue weighted by atomic mass is 10.3. The topological polar surface area (TPSA) is 39.2 Å². The summed E-state index contributed by atoms with van der Waals surface area (Å²) in [7, 11) is 1.35. The second kappa shape index (κ2) is 3.66. The maximum absolute atomic E-state index is 11.0. The van der Waals surface area contributed by atoms with Crippen LogP contribution in [0.25, 0.3) is 0 Å². The molecule has 0 saturated heterocycles. The molecule has 0 aliphatic heterocycles. The Kier molecular flexibility index (Phi) is 2.81. The first-order chi connectivity index (χ1) is 5.25. The molecular weight excluding hydrogens is 257 g/mol. The molecule has 3 nitrogen and oxygen atoms in total. The van der Waals surface area contributed by atoms with Gasteiger partial charge >= 0.3 is 5.97 Å². The van der Waals surface area contributed by atoms with E-state index >= 15 is 0 Å². The van der Waals surface area contributed by atoms with Gasteiger partial charge in [0.25, 0.3) is 0 Å². The fourth-order valence-corrected chi connectivity index (χ4v) is 1.16. The molecule has 0 unspecified atom stereocenters. The molecule has 1 heterocycles. The minimum atomic E-state index is -0.345. The van der Waals surface area contributed by atoms with Gasteiger partial charge in [0, 0.05) is 16.0 Å². The van der Waals surface area contributed by atoms with E-state index in [1.807, 2.05) is 0 Å². The van der Waals surface area contributed by atoms with Crippen LogP contribution in [-0.2, 0) is 4.74 Å². The fourth-order valence-electron chi connectivity index (χ4n) is 0.638. The number of rotatable bonds is 1. The van der Waals surface area contributed by atoms with E-state index in [1.54, 1.807) is 12.3 Å². The van der Waals surface area contributed by atoms with Gasteiger partial charge in [-0.2, -0.15) is 0 Å². The molecule has 11 heavy (non-hydrogen) atoms. The zero-order chi connectivity index (χ0) is 8.27. The van der Waals surface area contributed by atoms with Crippen molar-refractivity contribution in [2.45, 2.75) is 0 Å². The van der Waals surface area contributed by atoms with Gasteiger partial charge in [-0.15, -0.1) is 0 Å². The number of halogens is 1. The minimum absolute atomic E-state index is 0.345. The van der Waals surface area contributed by atoms with Crippen molar-refractivity contribution in [1.29, 1.82) is 0 Å². The summed E-state index contributed by atoms with van der Waals surface area (Å²) in [6.45, 7) is 0. The van der Waals surface area contributed by atoms with Crippen molar-refractivity contribution in [2.75, 3.05) is 7.11 Å². The first-order valence-electron chi connectivity index (χ1n) is 2.93. The van der Waals surface area contributed by atoms with Crippen LogP contribution < -0.4 is 0 Å². The monoisotopic (exact) mass is 263 g/mol. The van der Waals surface area contributed by atoms with E-state index in [0.29, 0.717) is 5.56 Å². The van der Waals surface area contributed by atoms with Gasteiger partial charge in [0.2, 0.25) is 0 Å². The van der Waals surface area contributed by atoms with E-state index in [2.05, 4.69) is 32.3 Å². The number of methoxy groups -OCH3 is 1. The van der Waals surface area contributed by atoms with E-state index in [4.69, 9.17) is 0 Å². The summed E-state index contributed by atoms with van der Waals surface area (Å²) >= 11 is 2.06. The molecule has 0 atom stereocenters. The molecule has 1 rings (SSSR count). The Labute approximate surface area is 77.9 Å². The zero-order valence-electron chi connectivity index (χ0n) is 5.87. The van der Waals surface area contributed by atoms with E-state index in [9.17, 15) is 4.79 Å².